The SMILES string of the molecule is Cc1cc(N)nc(CCCCNCC(=O)Nc2ccc(N(C)C)cc2)c1. The first kappa shape index (κ1) is 19.7. The van der Waals surface area contributed by atoms with Gasteiger partial charge in [0.2, 0.25) is 5.91 Å². The molecule has 6 nitrogen and oxygen atoms in total. The van der Waals surface area contributed by atoms with E-state index in [2.05, 4.69) is 21.7 Å². The van der Waals surface area contributed by atoms with Crippen LogP contribution in [0, 0.1) is 6.92 Å². The molecule has 0 aliphatic carbocycles. The van der Waals surface area contributed by atoms with Crippen LogP contribution in [0.4, 0.5) is 17.2 Å². The molecule has 1 aromatic heterocycles. The Bertz CT molecular complexity index is 692. The van der Waals surface area contributed by atoms with Gasteiger partial charge in [-0.3, -0.25) is 4.79 Å². The highest BCUT2D eigenvalue weighted by molar-refractivity contribution is 5.92. The monoisotopic (exact) mass is 355 g/mol. The number of carbonyl (C=O) groups excluding carboxylic acids is 1. The first-order valence-corrected chi connectivity index (χ1v) is 8.95. The summed E-state index contributed by atoms with van der Waals surface area (Å²) in [6.45, 7) is 3.13. The summed E-state index contributed by atoms with van der Waals surface area (Å²) in [7, 11) is 3.98. The number of pyridine rings is 1. The second-order valence-electron chi connectivity index (χ2n) is 6.68. The van der Waals surface area contributed by atoms with E-state index < -0.39 is 0 Å². The summed E-state index contributed by atoms with van der Waals surface area (Å²) in [4.78, 5) is 18.3. The Labute approximate surface area is 155 Å². The number of nitrogens with two attached hydrogens (primary N) is 1. The molecule has 1 amide bonds. The van der Waals surface area contributed by atoms with Crippen LogP contribution in [0.3, 0.4) is 0 Å². The fourth-order valence-electron chi connectivity index (χ4n) is 2.70. The fraction of sp³-hybridized carbons (Fsp3) is 0.400. The van der Waals surface area contributed by atoms with Crippen molar-refractivity contribution >= 4 is 23.1 Å². The molecule has 1 aromatic carbocycles. The van der Waals surface area contributed by atoms with Crippen molar-refractivity contribution in [3.8, 4) is 0 Å². The molecule has 0 saturated heterocycles. The first-order valence-electron chi connectivity index (χ1n) is 8.95. The lowest BCUT2D eigenvalue weighted by Gasteiger charge is -2.13. The van der Waals surface area contributed by atoms with Crippen LogP contribution >= 0.6 is 0 Å². The molecule has 2 rings (SSSR count). The van der Waals surface area contributed by atoms with Gasteiger partial charge in [0.1, 0.15) is 5.82 Å². The number of anilines is 3. The number of hydrogen-bond acceptors (Lipinski definition) is 5. The fourth-order valence-corrected chi connectivity index (χ4v) is 2.70. The van der Waals surface area contributed by atoms with Gasteiger partial charge in [-0.15, -0.1) is 0 Å². The van der Waals surface area contributed by atoms with Crippen molar-refractivity contribution in [1.82, 2.24) is 10.3 Å². The molecule has 26 heavy (non-hydrogen) atoms. The van der Waals surface area contributed by atoms with Crippen molar-refractivity contribution in [2.75, 3.05) is 43.1 Å². The molecule has 140 valence electrons. The molecule has 0 aliphatic heterocycles. The molecule has 2 aromatic rings. The molecule has 0 saturated carbocycles. The number of benzene rings is 1. The van der Waals surface area contributed by atoms with Crippen LogP contribution < -0.4 is 21.3 Å². The summed E-state index contributed by atoms with van der Waals surface area (Å²) in [6, 6.07) is 11.7. The van der Waals surface area contributed by atoms with Crippen LogP contribution in [0.15, 0.2) is 36.4 Å². The van der Waals surface area contributed by atoms with Crippen LogP contribution in [-0.4, -0.2) is 38.1 Å². The van der Waals surface area contributed by atoms with Crippen molar-refractivity contribution < 1.29 is 4.79 Å². The average Bonchev–Trinajstić information content (AvgIpc) is 2.57. The zero-order chi connectivity index (χ0) is 18.9. The molecule has 4 N–H and O–H groups in total. The highest BCUT2D eigenvalue weighted by Gasteiger charge is 2.03. The number of aryl methyl sites for hydroxylation is 2. The normalized spacial score (nSPS) is 10.6. The van der Waals surface area contributed by atoms with Gasteiger partial charge in [0.05, 0.1) is 6.54 Å². The summed E-state index contributed by atoms with van der Waals surface area (Å²) in [5.74, 6) is 0.545. The van der Waals surface area contributed by atoms with Crippen LogP contribution in [0.5, 0.6) is 0 Å². The Hall–Kier alpha value is -2.60. The molecule has 0 fully saturated rings. The number of nitrogen functional groups attached to an aromatic ring is 1. The van der Waals surface area contributed by atoms with Crippen molar-refractivity contribution in [3.63, 3.8) is 0 Å². The highest BCUT2D eigenvalue weighted by atomic mass is 16.1. The van der Waals surface area contributed by atoms with Gasteiger partial charge in [-0.05, 0) is 74.7 Å². The van der Waals surface area contributed by atoms with Crippen LogP contribution in [-0.2, 0) is 11.2 Å². The molecule has 0 aliphatic rings. The standard InChI is InChI=1S/C20H29N5O/c1-15-12-17(23-19(21)13-15)6-4-5-11-22-14-20(26)24-16-7-9-18(10-8-16)25(2)3/h7-10,12-13,22H,4-6,11,14H2,1-3H3,(H2,21,23)(H,24,26). The first-order chi connectivity index (χ1) is 12.4. The van der Waals surface area contributed by atoms with Crippen molar-refractivity contribution in [1.29, 1.82) is 0 Å². The van der Waals surface area contributed by atoms with Gasteiger partial charge < -0.3 is 21.3 Å². The highest BCUT2D eigenvalue weighted by Crippen LogP contribution is 2.15. The van der Waals surface area contributed by atoms with E-state index in [1.54, 1.807) is 0 Å². The molecule has 6 heteroatoms. The maximum atomic E-state index is 12.0. The Balaban J connectivity index is 1.61. The van der Waals surface area contributed by atoms with Gasteiger partial charge in [-0.2, -0.15) is 0 Å². The summed E-state index contributed by atoms with van der Waals surface area (Å²) in [5, 5.41) is 6.07. The molecule has 0 radical (unpaired) electrons. The molecule has 0 spiro atoms. The molecule has 0 unspecified atom stereocenters. The molecule has 0 bridgehead atoms. The number of rotatable bonds is 9. The molecular weight excluding hydrogens is 326 g/mol. The third-order valence-corrected chi connectivity index (χ3v) is 4.03. The topological polar surface area (TPSA) is 83.3 Å². The minimum atomic E-state index is -0.0317. The number of aromatic nitrogens is 1. The quantitative estimate of drug-likeness (QED) is 0.602. The third kappa shape index (κ3) is 6.72. The number of amides is 1. The Morgan fingerprint density at radius 1 is 1.15 bits per heavy atom. The van der Waals surface area contributed by atoms with Gasteiger partial charge in [0.25, 0.3) is 0 Å². The summed E-state index contributed by atoms with van der Waals surface area (Å²) in [6.07, 6.45) is 2.90. The van der Waals surface area contributed by atoms with E-state index >= 15 is 0 Å². The Morgan fingerprint density at radius 2 is 1.88 bits per heavy atom. The second-order valence-corrected chi connectivity index (χ2v) is 6.68. The number of nitrogens with zero attached hydrogens (tertiary/aromatic N) is 2. The predicted molar refractivity (Wildman–Crippen MR) is 109 cm³/mol. The van der Waals surface area contributed by atoms with E-state index in [1.165, 1.54) is 0 Å². The zero-order valence-electron chi connectivity index (χ0n) is 15.9. The van der Waals surface area contributed by atoms with E-state index in [0.29, 0.717) is 12.4 Å². The van der Waals surface area contributed by atoms with E-state index in [4.69, 9.17) is 5.73 Å². The largest absolute Gasteiger partial charge is 0.384 e. The summed E-state index contributed by atoms with van der Waals surface area (Å²) >= 11 is 0. The summed E-state index contributed by atoms with van der Waals surface area (Å²) < 4.78 is 0. The maximum absolute atomic E-state index is 12.0. The smallest absolute Gasteiger partial charge is 0.238 e. The maximum Gasteiger partial charge on any atom is 0.238 e. The van der Waals surface area contributed by atoms with Gasteiger partial charge in [-0.1, -0.05) is 0 Å². The minimum Gasteiger partial charge on any atom is -0.384 e. The van der Waals surface area contributed by atoms with Crippen molar-refractivity contribution in [3.05, 3.63) is 47.7 Å². The Morgan fingerprint density at radius 3 is 2.54 bits per heavy atom. The van der Waals surface area contributed by atoms with Crippen LogP contribution in [0.1, 0.15) is 24.1 Å². The van der Waals surface area contributed by atoms with E-state index in [-0.39, 0.29) is 5.91 Å². The van der Waals surface area contributed by atoms with Gasteiger partial charge >= 0.3 is 0 Å². The van der Waals surface area contributed by atoms with E-state index in [1.807, 2.05) is 56.3 Å². The summed E-state index contributed by atoms with van der Waals surface area (Å²) in [5.41, 5.74) is 9.84. The predicted octanol–water partition coefficient (Wildman–Crippen LogP) is 2.59. The van der Waals surface area contributed by atoms with Crippen LogP contribution in [0.2, 0.25) is 0 Å². The van der Waals surface area contributed by atoms with Gasteiger partial charge in [-0.25, -0.2) is 4.98 Å². The molecule has 1 heterocycles. The lowest BCUT2D eigenvalue weighted by Crippen LogP contribution is -2.28. The molecule has 0 atom stereocenters. The number of unbranched alkanes of at least 4 members (excludes halogenated alkanes) is 1. The lowest BCUT2D eigenvalue weighted by atomic mass is 10.1. The average molecular weight is 355 g/mol. The van der Waals surface area contributed by atoms with Gasteiger partial charge in [0, 0.05) is 31.2 Å². The van der Waals surface area contributed by atoms with Crippen LogP contribution in [0.25, 0.3) is 0 Å². The van der Waals surface area contributed by atoms with Crippen molar-refractivity contribution in [2.45, 2.75) is 26.2 Å². The van der Waals surface area contributed by atoms with E-state index in [0.717, 1.165) is 48.4 Å². The number of carbonyl (C=O) groups is 1. The van der Waals surface area contributed by atoms with E-state index in [9.17, 15) is 4.79 Å². The lowest BCUT2D eigenvalue weighted by molar-refractivity contribution is -0.115. The molecular formula is C20H29N5O. The third-order valence-electron chi connectivity index (χ3n) is 4.03. The Kier molecular flexibility index (Phi) is 7.41. The minimum absolute atomic E-state index is 0.0317. The number of nitrogens with one attached hydrogen (secondary N) is 2. The van der Waals surface area contributed by atoms with Gasteiger partial charge in [0.15, 0.2) is 0 Å². The second kappa shape index (κ2) is 9.77. The van der Waals surface area contributed by atoms with Crippen molar-refractivity contribution in [2.24, 2.45) is 0 Å². The zero-order valence-corrected chi connectivity index (χ0v) is 15.9. The number of hydrogen-bond donors (Lipinski definition) is 3.